The molecule has 3 aromatic heterocycles. The monoisotopic (exact) mass is 364 g/mol. The summed E-state index contributed by atoms with van der Waals surface area (Å²) in [5.74, 6) is 0. The summed E-state index contributed by atoms with van der Waals surface area (Å²) >= 11 is 1.88. The number of para-hydroxylation sites is 1. The summed E-state index contributed by atoms with van der Waals surface area (Å²) in [5, 5.41) is 3.86. The maximum Gasteiger partial charge on any atom is 0.0723 e. The highest BCUT2D eigenvalue weighted by atomic mass is 32.1. The van der Waals surface area contributed by atoms with Crippen molar-refractivity contribution >= 4 is 55.4 Å². The predicted octanol–water partition coefficient (Wildman–Crippen LogP) is 7.03. The van der Waals surface area contributed by atoms with Gasteiger partial charge in [0.25, 0.3) is 0 Å². The Labute approximate surface area is 160 Å². The molecule has 0 saturated carbocycles. The van der Waals surface area contributed by atoms with Crippen LogP contribution in [0.3, 0.4) is 0 Å². The second-order valence-corrected chi connectivity index (χ2v) is 7.97. The minimum atomic E-state index is 0.999. The number of pyridine rings is 1. The molecule has 1 N–H and O–H groups in total. The number of allylic oxidation sites excluding steroid dienone is 2. The molecule has 0 atom stereocenters. The average molecular weight is 364 g/mol. The fraction of sp³-hybridized carbons (Fsp3) is 0.0417. The molecule has 5 aromatic rings. The summed E-state index contributed by atoms with van der Waals surface area (Å²) in [4.78, 5) is 9.57. The number of benzene rings is 2. The topological polar surface area (TPSA) is 28.7 Å². The molecule has 3 heterocycles. The Kier molecular flexibility index (Phi) is 3.13. The molecule has 0 bridgehead atoms. The number of hydrogen-bond acceptors (Lipinski definition) is 2. The van der Waals surface area contributed by atoms with Crippen molar-refractivity contribution in [3.8, 4) is 11.3 Å². The molecule has 1 aliphatic rings. The van der Waals surface area contributed by atoms with Gasteiger partial charge in [-0.3, -0.25) is 4.98 Å². The van der Waals surface area contributed by atoms with Crippen LogP contribution in [-0.2, 0) is 0 Å². The molecule has 0 spiro atoms. The zero-order valence-electron chi connectivity index (χ0n) is 14.6. The molecule has 6 rings (SSSR count). The van der Waals surface area contributed by atoms with E-state index in [9.17, 15) is 0 Å². The number of H-pyrrole nitrogens is 1. The van der Waals surface area contributed by atoms with Gasteiger partial charge in [0, 0.05) is 48.6 Å². The summed E-state index contributed by atoms with van der Waals surface area (Å²) in [6, 6.07) is 17.2. The van der Waals surface area contributed by atoms with E-state index in [-0.39, 0.29) is 0 Å². The van der Waals surface area contributed by atoms with Crippen molar-refractivity contribution in [2.45, 2.75) is 6.42 Å². The van der Waals surface area contributed by atoms with Crippen molar-refractivity contribution in [1.82, 2.24) is 9.97 Å². The lowest BCUT2D eigenvalue weighted by Gasteiger charge is -2.02. The van der Waals surface area contributed by atoms with Crippen LogP contribution in [0.4, 0.5) is 0 Å². The molecule has 0 fully saturated rings. The Morgan fingerprint density at radius 2 is 1.85 bits per heavy atom. The van der Waals surface area contributed by atoms with Crippen molar-refractivity contribution < 1.29 is 0 Å². The lowest BCUT2D eigenvalue weighted by molar-refractivity contribution is 1.33. The maximum absolute atomic E-state index is 4.55. The Bertz CT molecular complexity index is 1380. The van der Waals surface area contributed by atoms with E-state index < -0.39 is 0 Å². The average Bonchev–Trinajstić information content (AvgIpc) is 3.14. The van der Waals surface area contributed by atoms with Gasteiger partial charge in [-0.15, -0.1) is 11.3 Å². The van der Waals surface area contributed by atoms with Crippen LogP contribution in [0.5, 0.6) is 0 Å². The summed E-state index contributed by atoms with van der Waals surface area (Å²) in [6.07, 6.45) is 11.8. The third-order valence-electron chi connectivity index (χ3n) is 5.28. The first-order chi connectivity index (χ1) is 13.4. The molecule has 2 nitrogen and oxygen atoms in total. The van der Waals surface area contributed by atoms with Gasteiger partial charge in [0.1, 0.15) is 0 Å². The number of thiophene rings is 1. The molecule has 0 radical (unpaired) electrons. The fourth-order valence-corrected chi connectivity index (χ4v) is 5.17. The molecule has 0 saturated heterocycles. The van der Waals surface area contributed by atoms with E-state index in [0.717, 1.165) is 23.2 Å². The zero-order valence-corrected chi connectivity index (χ0v) is 15.4. The quantitative estimate of drug-likeness (QED) is 0.340. The largest absolute Gasteiger partial charge is 0.354 e. The normalized spacial score (nSPS) is 13.5. The van der Waals surface area contributed by atoms with Crippen LogP contribution in [0.15, 0.2) is 66.9 Å². The Morgan fingerprint density at radius 1 is 0.889 bits per heavy atom. The highest BCUT2D eigenvalue weighted by Gasteiger charge is 2.15. The minimum Gasteiger partial charge on any atom is -0.354 e. The second-order valence-electron chi connectivity index (χ2n) is 6.88. The number of fused-ring (bicyclic) bond motifs is 6. The third-order valence-corrected chi connectivity index (χ3v) is 6.41. The first-order valence-electron chi connectivity index (χ1n) is 9.14. The highest BCUT2D eigenvalue weighted by Crippen LogP contribution is 2.40. The molecule has 0 amide bonds. The van der Waals surface area contributed by atoms with E-state index >= 15 is 0 Å². The van der Waals surface area contributed by atoms with Gasteiger partial charge in [-0.05, 0) is 36.8 Å². The molecule has 3 heteroatoms. The van der Waals surface area contributed by atoms with Crippen LogP contribution < -0.4 is 0 Å². The van der Waals surface area contributed by atoms with Crippen LogP contribution in [0.25, 0.3) is 55.3 Å². The number of nitrogens with one attached hydrogen (secondary N) is 1. The Balaban J connectivity index is 1.68. The van der Waals surface area contributed by atoms with Crippen LogP contribution in [0.2, 0.25) is 0 Å². The fourth-order valence-electron chi connectivity index (χ4n) is 4.02. The van der Waals surface area contributed by atoms with Gasteiger partial charge in [-0.2, -0.15) is 0 Å². The highest BCUT2D eigenvalue weighted by molar-refractivity contribution is 7.20. The Hall–Kier alpha value is -3.17. The number of rotatable bonds is 1. The molecule has 27 heavy (non-hydrogen) atoms. The molecule has 128 valence electrons. The van der Waals surface area contributed by atoms with E-state index in [1.54, 1.807) is 0 Å². The number of hydrogen-bond donors (Lipinski definition) is 1. The standard InChI is InChI=1S/C24H16N2S/c1-2-7-15-19-13-21-18(14-23(19)27-22(15)11-3-1)16-8-6-9-17(24(16)26-21)20-10-4-5-12-25-20/h2-14,26H,1H2. The van der Waals surface area contributed by atoms with E-state index in [4.69, 9.17) is 0 Å². The van der Waals surface area contributed by atoms with Crippen molar-refractivity contribution in [2.75, 3.05) is 0 Å². The maximum atomic E-state index is 4.55. The van der Waals surface area contributed by atoms with Crippen molar-refractivity contribution in [3.63, 3.8) is 0 Å². The van der Waals surface area contributed by atoms with Gasteiger partial charge >= 0.3 is 0 Å². The van der Waals surface area contributed by atoms with E-state index in [2.05, 4.69) is 70.7 Å². The molecule has 2 aromatic carbocycles. The number of aromatic amines is 1. The molecular formula is C24H16N2S. The zero-order chi connectivity index (χ0) is 17.8. The SMILES string of the molecule is C1=Cc2sc3cc4c(cc3c2C=CC1)[nH]c1c(-c2ccccn2)cccc14. The van der Waals surface area contributed by atoms with Crippen LogP contribution in [0.1, 0.15) is 16.9 Å². The van der Waals surface area contributed by atoms with Gasteiger partial charge in [-0.1, -0.05) is 42.5 Å². The van der Waals surface area contributed by atoms with Gasteiger partial charge in [0.2, 0.25) is 0 Å². The first-order valence-corrected chi connectivity index (χ1v) is 9.95. The minimum absolute atomic E-state index is 0.999. The van der Waals surface area contributed by atoms with Crippen LogP contribution >= 0.6 is 11.3 Å². The lowest BCUT2D eigenvalue weighted by atomic mass is 10.0. The summed E-state index contributed by atoms with van der Waals surface area (Å²) < 4.78 is 1.34. The first kappa shape index (κ1) is 14.9. The van der Waals surface area contributed by atoms with E-state index in [0.29, 0.717) is 0 Å². The molecule has 0 aliphatic heterocycles. The molecular weight excluding hydrogens is 348 g/mol. The Morgan fingerprint density at radius 3 is 2.78 bits per heavy atom. The van der Waals surface area contributed by atoms with Crippen LogP contribution in [-0.4, -0.2) is 9.97 Å². The second kappa shape index (κ2) is 5.66. The summed E-state index contributed by atoms with van der Waals surface area (Å²) in [6.45, 7) is 0. The van der Waals surface area contributed by atoms with Gasteiger partial charge in [-0.25, -0.2) is 0 Å². The van der Waals surface area contributed by atoms with Gasteiger partial charge in [0.05, 0.1) is 11.2 Å². The van der Waals surface area contributed by atoms with Gasteiger partial charge < -0.3 is 4.98 Å². The lowest BCUT2D eigenvalue weighted by Crippen LogP contribution is -1.83. The molecule has 1 aliphatic carbocycles. The van der Waals surface area contributed by atoms with Crippen molar-refractivity contribution in [1.29, 1.82) is 0 Å². The van der Waals surface area contributed by atoms with E-state index in [1.165, 1.54) is 36.8 Å². The third kappa shape index (κ3) is 2.22. The molecule has 0 unspecified atom stereocenters. The number of nitrogens with zero attached hydrogens (tertiary/aromatic N) is 1. The van der Waals surface area contributed by atoms with Gasteiger partial charge in [0.15, 0.2) is 0 Å². The van der Waals surface area contributed by atoms with Crippen LogP contribution in [0, 0.1) is 0 Å². The smallest absolute Gasteiger partial charge is 0.0723 e. The van der Waals surface area contributed by atoms with Crippen molar-refractivity contribution in [2.24, 2.45) is 0 Å². The summed E-state index contributed by atoms with van der Waals surface area (Å²) in [5.41, 5.74) is 5.83. The summed E-state index contributed by atoms with van der Waals surface area (Å²) in [7, 11) is 0. The predicted molar refractivity (Wildman–Crippen MR) is 117 cm³/mol. The van der Waals surface area contributed by atoms with Crippen molar-refractivity contribution in [3.05, 3.63) is 77.3 Å². The van der Waals surface area contributed by atoms with E-state index in [1.807, 2.05) is 29.7 Å². The number of aromatic nitrogens is 2.